The lowest BCUT2D eigenvalue weighted by molar-refractivity contribution is 0.0949. The van der Waals surface area contributed by atoms with Gasteiger partial charge in [0.2, 0.25) is 0 Å². The number of carbonyl (C=O) groups excluding carboxylic acids is 1. The van der Waals surface area contributed by atoms with Crippen molar-refractivity contribution < 1.29 is 13.6 Å². The number of aromatic nitrogens is 3. The largest absolute Gasteiger partial charge is 0.351 e. The van der Waals surface area contributed by atoms with Crippen molar-refractivity contribution in [3.05, 3.63) is 71.6 Å². The minimum absolute atomic E-state index is 0.232. The number of nitrogens with zero attached hydrogens (tertiary/aromatic N) is 3. The molecule has 1 heterocycles. The zero-order valence-corrected chi connectivity index (χ0v) is 13.5. The standard InChI is InChI=1S/C18H16F2N4O/c1-24-15(22-23-17(24)12-6-3-2-4-7-12)10-11-21-18(25)13-8-5-9-14(19)16(13)20/h2-9H,10-11H2,1H3,(H,21,25). The molecule has 0 unspecified atom stereocenters. The summed E-state index contributed by atoms with van der Waals surface area (Å²) in [6.07, 6.45) is 0.416. The minimum Gasteiger partial charge on any atom is -0.351 e. The zero-order valence-electron chi connectivity index (χ0n) is 13.5. The quantitative estimate of drug-likeness (QED) is 0.776. The highest BCUT2D eigenvalue weighted by atomic mass is 19.2. The summed E-state index contributed by atoms with van der Waals surface area (Å²) in [5, 5.41) is 10.8. The molecule has 0 saturated carbocycles. The van der Waals surface area contributed by atoms with Gasteiger partial charge < -0.3 is 9.88 Å². The summed E-state index contributed by atoms with van der Waals surface area (Å²) >= 11 is 0. The van der Waals surface area contributed by atoms with Crippen molar-refractivity contribution in [2.24, 2.45) is 7.05 Å². The first-order valence-electron chi connectivity index (χ1n) is 7.74. The second-order valence-electron chi connectivity index (χ2n) is 5.47. The van der Waals surface area contributed by atoms with Crippen molar-refractivity contribution in [2.45, 2.75) is 6.42 Å². The molecule has 1 amide bonds. The van der Waals surface area contributed by atoms with Crippen molar-refractivity contribution in [3.63, 3.8) is 0 Å². The van der Waals surface area contributed by atoms with Gasteiger partial charge in [-0.1, -0.05) is 36.4 Å². The fraction of sp³-hybridized carbons (Fsp3) is 0.167. The van der Waals surface area contributed by atoms with E-state index < -0.39 is 17.5 Å². The topological polar surface area (TPSA) is 59.8 Å². The van der Waals surface area contributed by atoms with Gasteiger partial charge >= 0.3 is 0 Å². The predicted molar refractivity (Wildman–Crippen MR) is 88.8 cm³/mol. The summed E-state index contributed by atoms with van der Waals surface area (Å²) in [5.41, 5.74) is 0.623. The predicted octanol–water partition coefficient (Wildman–Crippen LogP) is 2.73. The van der Waals surface area contributed by atoms with Gasteiger partial charge in [-0.2, -0.15) is 0 Å². The van der Waals surface area contributed by atoms with E-state index in [-0.39, 0.29) is 12.1 Å². The molecule has 3 rings (SSSR count). The summed E-state index contributed by atoms with van der Waals surface area (Å²) in [6.45, 7) is 0.232. The maximum absolute atomic E-state index is 13.6. The molecule has 5 nitrogen and oxygen atoms in total. The van der Waals surface area contributed by atoms with Crippen LogP contribution in [0.2, 0.25) is 0 Å². The second-order valence-corrected chi connectivity index (χ2v) is 5.47. The van der Waals surface area contributed by atoms with E-state index in [4.69, 9.17) is 0 Å². The van der Waals surface area contributed by atoms with Crippen LogP contribution < -0.4 is 5.32 Å². The monoisotopic (exact) mass is 342 g/mol. The fourth-order valence-corrected chi connectivity index (χ4v) is 2.48. The van der Waals surface area contributed by atoms with Crippen molar-refractivity contribution in [1.29, 1.82) is 0 Å². The average molecular weight is 342 g/mol. The Hall–Kier alpha value is -3.09. The van der Waals surface area contributed by atoms with E-state index in [9.17, 15) is 13.6 Å². The molecule has 0 radical (unpaired) electrons. The molecule has 1 aromatic heterocycles. The summed E-state index contributed by atoms with van der Waals surface area (Å²) in [7, 11) is 1.84. The van der Waals surface area contributed by atoms with E-state index in [2.05, 4.69) is 15.5 Å². The van der Waals surface area contributed by atoms with Crippen LogP contribution >= 0.6 is 0 Å². The average Bonchev–Trinajstić information content (AvgIpc) is 2.99. The molecule has 128 valence electrons. The molecule has 0 atom stereocenters. The van der Waals surface area contributed by atoms with Crippen molar-refractivity contribution >= 4 is 5.91 Å². The van der Waals surface area contributed by atoms with Crippen LogP contribution in [-0.4, -0.2) is 27.2 Å². The van der Waals surface area contributed by atoms with Crippen molar-refractivity contribution in [3.8, 4) is 11.4 Å². The molecule has 0 bridgehead atoms. The Morgan fingerprint density at radius 3 is 2.60 bits per heavy atom. The molecule has 0 saturated heterocycles. The highest BCUT2D eigenvalue weighted by Gasteiger charge is 2.15. The van der Waals surface area contributed by atoms with E-state index in [1.165, 1.54) is 12.1 Å². The van der Waals surface area contributed by atoms with Gasteiger partial charge in [0.15, 0.2) is 17.5 Å². The SMILES string of the molecule is Cn1c(CCNC(=O)c2cccc(F)c2F)nnc1-c1ccccc1. The number of amides is 1. The number of rotatable bonds is 5. The summed E-state index contributed by atoms with van der Waals surface area (Å²) < 4.78 is 28.6. The van der Waals surface area contributed by atoms with Gasteiger partial charge in [-0.3, -0.25) is 4.79 Å². The maximum atomic E-state index is 13.6. The number of benzene rings is 2. The van der Waals surface area contributed by atoms with E-state index >= 15 is 0 Å². The molecule has 0 aliphatic rings. The van der Waals surface area contributed by atoms with Gasteiger partial charge in [0.1, 0.15) is 5.82 Å². The third-order valence-electron chi connectivity index (χ3n) is 3.83. The van der Waals surface area contributed by atoms with Crippen LogP contribution in [-0.2, 0) is 13.5 Å². The van der Waals surface area contributed by atoms with Crippen LogP contribution in [0.15, 0.2) is 48.5 Å². The van der Waals surface area contributed by atoms with E-state index in [1.54, 1.807) is 0 Å². The number of carbonyl (C=O) groups is 1. The normalized spacial score (nSPS) is 10.7. The number of hydrogen-bond acceptors (Lipinski definition) is 3. The first kappa shape index (κ1) is 16.8. The Balaban J connectivity index is 1.64. The zero-order chi connectivity index (χ0) is 17.8. The van der Waals surface area contributed by atoms with Crippen molar-refractivity contribution in [1.82, 2.24) is 20.1 Å². The number of hydrogen-bond donors (Lipinski definition) is 1. The van der Waals surface area contributed by atoms with Crippen molar-refractivity contribution in [2.75, 3.05) is 6.54 Å². The molecule has 0 aliphatic carbocycles. The first-order chi connectivity index (χ1) is 12.1. The van der Waals surface area contributed by atoms with Crippen LogP contribution in [0.4, 0.5) is 8.78 Å². The minimum atomic E-state index is -1.15. The Bertz CT molecular complexity index is 893. The lowest BCUT2D eigenvalue weighted by atomic mass is 10.2. The molecule has 25 heavy (non-hydrogen) atoms. The Kier molecular flexibility index (Phi) is 4.83. The fourth-order valence-electron chi connectivity index (χ4n) is 2.48. The lowest BCUT2D eigenvalue weighted by Gasteiger charge is -2.07. The summed E-state index contributed by atoms with van der Waals surface area (Å²) in [4.78, 5) is 12.0. The van der Waals surface area contributed by atoms with Gasteiger partial charge in [0.05, 0.1) is 5.56 Å². The molecule has 7 heteroatoms. The second kappa shape index (κ2) is 7.21. The Morgan fingerprint density at radius 1 is 1.08 bits per heavy atom. The smallest absolute Gasteiger partial charge is 0.254 e. The molecule has 0 fully saturated rings. The molecule has 0 aliphatic heterocycles. The van der Waals surface area contributed by atoms with Crippen LogP contribution in [0.25, 0.3) is 11.4 Å². The Morgan fingerprint density at radius 2 is 1.84 bits per heavy atom. The van der Waals surface area contributed by atoms with Gasteiger partial charge in [-0.15, -0.1) is 10.2 Å². The van der Waals surface area contributed by atoms with Crippen LogP contribution in [0.5, 0.6) is 0 Å². The van der Waals surface area contributed by atoms with Crippen LogP contribution in [0, 0.1) is 11.6 Å². The highest BCUT2D eigenvalue weighted by molar-refractivity contribution is 5.94. The summed E-state index contributed by atoms with van der Waals surface area (Å²) in [6, 6.07) is 13.1. The molecular formula is C18H16F2N4O. The van der Waals surface area contributed by atoms with Gasteiger partial charge in [-0.05, 0) is 12.1 Å². The molecule has 0 spiro atoms. The van der Waals surface area contributed by atoms with Gasteiger partial charge in [0, 0.05) is 25.6 Å². The summed E-state index contributed by atoms with van der Waals surface area (Å²) in [5.74, 6) is -1.46. The molecule has 3 aromatic rings. The van der Waals surface area contributed by atoms with E-state index in [0.717, 1.165) is 17.5 Å². The Labute approximate surface area is 143 Å². The molecular weight excluding hydrogens is 326 g/mol. The maximum Gasteiger partial charge on any atom is 0.254 e. The van der Waals surface area contributed by atoms with E-state index in [0.29, 0.717) is 12.2 Å². The molecule has 2 aromatic carbocycles. The lowest BCUT2D eigenvalue weighted by Crippen LogP contribution is -2.27. The third-order valence-corrected chi connectivity index (χ3v) is 3.83. The van der Waals surface area contributed by atoms with Gasteiger partial charge in [0.25, 0.3) is 5.91 Å². The number of nitrogens with one attached hydrogen (secondary N) is 1. The van der Waals surface area contributed by atoms with Crippen LogP contribution in [0.1, 0.15) is 16.2 Å². The highest BCUT2D eigenvalue weighted by Crippen LogP contribution is 2.16. The van der Waals surface area contributed by atoms with Crippen LogP contribution in [0.3, 0.4) is 0 Å². The van der Waals surface area contributed by atoms with Gasteiger partial charge in [-0.25, -0.2) is 8.78 Å². The number of halogens is 2. The third kappa shape index (κ3) is 3.55. The van der Waals surface area contributed by atoms with E-state index in [1.807, 2.05) is 41.9 Å². The first-order valence-corrected chi connectivity index (χ1v) is 7.74. The molecule has 1 N–H and O–H groups in total.